The highest BCUT2D eigenvalue weighted by molar-refractivity contribution is 6.31. The minimum Gasteiger partial charge on any atom is -0.406 e. The normalized spacial score (nSPS) is 14.5. The van der Waals surface area contributed by atoms with Gasteiger partial charge in [0.1, 0.15) is 10.8 Å². The summed E-state index contributed by atoms with van der Waals surface area (Å²) in [6, 6.07) is 18.3. The molecule has 0 unspecified atom stereocenters. The van der Waals surface area contributed by atoms with E-state index < -0.39 is 6.36 Å². The third kappa shape index (κ3) is 7.31. The number of aromatic nitrogens is 2. The van der Waals surface area contributed by atoms with Gasteiger partial charge in [0.2, 0.25) is 5.43 Å². The van der Waals surface area contributed by atoms with Crippen molar-refractivity contribution in [3.05, 3.63) is 105 Å². The lowest BCUT2D eigenvalue weighted by molar-refractivity contribution is -0.274. The number of likely N-dealkylation sites (tertiary alicyclic amines) is 1. The lowest BCUT2D eigenvalue weighted by atomic mass is 9.89. The van der Waals surface area contributed by atoms with Crippen molar-refractivity contribution in [1.29, 1.82) is 0 Å². The zero-order valence-corrected chi connectivity index (χ0v) is 24.2. The Kier molecular flexibility index (Phi) is 9.47. The Bertz CT molecular complexity index is 1530. The Balaban J connectivity index is 0.00000387. The van der Waals surface area contributed by atoms with Crippen LogP contribution >= 0.6 is 24.0 Å². The summed E-state index contributed by atoms with van der Waals surface area (Å²) < 4.78 is 41.2. The molecule has 0 saturated carbocycles. The number of aromatic amines is 1. The standard InChI is InChI=1S/C31H29ClF3N3O2.ClH/c1-19-28(30(39)29(32)20(2)37-19)25-9-12-27(36-17-25)24-5-3-21(4-6-24)18-38-15-13-23(14-16-38)22-7-10-26(11-8-22)40-31(33,34)35;/h3-12,17,23H,13-16,18H2,1-2H3,(H,37,39);1H. The summed E-state index contributed by atoms with van der Waals surface area (Å²) in [7, 11) is 0. The van der Waals surface area contributed by atoms with E-state index in [-0.39, 0.29) is 28.6 Å². The van der Waals surface area contributed by atoms with E-state index in [1.165, 1.54) is 17.7 Å². The van der Waals surface area contributed by atoms with Crippen LogP contribution < -0.4 is 10.2 Å². The number of hydrogen-bond acceptors (Lipinski definition) is 4. The zero-order valence-electron chi connectivity index (χ0n) is 22.6. The number of aryl methyl sites for hydroxylation is 2. The molecule has 0 bridgehead atoms. The maximum absolute atomic E-state index is 12.7. The fraction of sp³-hybridized carbons (Fsp3) is 0.290. The SMILES string of the molecule is Cc1[nH]c(C)c(-c2ccc(-c3ccc(CN4CCC(c5ccc(OC(F)(F)F)cc5)CC4)cc3)nc2)c(=O)c1Cl.Cl. The highest BCUT2D eigenvalue weighted by atomic mass is 35.5. The summed E-state index contributed by atoms with van der Waals surface area (Å²) in [6.45, 7) is 6.28. The van der Waals surface area contributed by atoms with E-state index in [4.69, 9.17) is 11.6 Å². The Labute approximate surface area is 247 Å². The van der Waals surface area contributed by atoms with Crippen molar-refractivity contribution in [2.45, 2.75) is 45.5 Å². The van der Waals surface area contributed by atoms with E-state index in [1.54, 1.807) is 25.3 Å². The van der Waals surface area contributed by atoms with Gasteiger partial charge in [-0.1, -0.05) is 54.1 Å². The molecule has 1 fully saturated rings. The first kappa shape index (κ1) is 30.6. The monoisotopic (exact) mass is 603 g/mol. The van der Waals surface area contributed by atoms with Crippen LogP contribution in [0.1, 0.15) is 41.3 Å². The van der Waals surface area contributed by atoms with Crippen molar-refractivity contribution < 1.29 is 17.9 Å². The van der Waals surface area contributed by atoms with Crippen molar-refractivity contribution in [3.63, 3.8) is 0 Å². The second kappa shape index (κ2) is 12.7. The number of pyridine rings is 2. The molecule has 0 aliphatic carbocycles. The van der Waals surface area contributed by atoms with E-state index in [2.05, 4.69) is 43.9 Å². The van der Waals surface area contributed by atoms with E-state index in [0.717, 1.165) is 60.6 Å². The molecule has 5 rings (SSSR count). The summed E-state index contributed by atoms with van der Waals surface area (Å²) in [5.74, 6) is 0.132. The first-order valence-corrected chi connectivity index (χ1v) is 13.5. The Morgan fingerprint density at radius 1 is 0.951 bits per heavy atom. The molecule has 5 nitrogen and oxygen atoms in total. The van der Waals surface area contributed by atoms with Crippen LogP contribution in [0.2, 0.25) is 5.02 Å². The van der Waals surface area contributed by atoms with Gasteiger partial charge in [0, 0.05) is 35.3 Å². The second-order valence-electron chi connectivity index (χ2n) is 10.2. The maximum Gasteiger partial charge on any atom is 0.573 e. The van der Waals surface area contributed by atoms with Crippen molar-refractivity contribution >= 4 is 24.0 Å². The van der Waals surface area contributed by atoms with Crippen LogP contribution in [0.25, 0.3) is 22.4 Å². The van der Waals surface area contributed by atoms with Gasteiger partial charge >= 0.3 is 6.36 Å². The molecule has 216 valence electrons. The zero-order chi connectivity index (χ0) is 28.4. The molecule has 2 aromatic carbocycles. The van der Waals surface area contributed by atoms with Crippen LogP contribution in [0.3, 0.4) is 0 Å². The summed E-state index contributed by atoms with van der Waals surface area (Å²) >= 11 is 6.17. The summed E-state index contributed by atoms with van der Waals surface area (Å²) in [5, 5.41) is 0.193. The lowest BCUT2D eigenvalue weighted by Gasteiger charge is -2.32. The van der Waals surface area contributed by atoms with Crippen LogP contribution in [-0.2, 0) is 6.54 Å². The molecule has 2 aromatic heterocycles. The molecular formula is C31H30Cl2F3N3O2. The number of hydrogen-bond donors (Lipinski definition) is 1. The Morgan fingerprint density at radius 2 is 1.59 bits per heavy atom. The van der Waals surface area contributed by atoms with E-state index in [0.29, 0.717) is 17.2 Å². The Hall–Kier alpha value is -3.33. The third-order valence-corrected chi connectivity index (χ3v) is 7.84. The second-order valence-corrected chi connectivity index (χ2v) is 10.6. The van der Waals surface area contributed by atoms with Crippen LogP contribution in [-0.4, -0.2) is 34.3 Å². The minimum absolute atomic E-state index is 0. The minimum atomic E-state index is -4.68. The van der Waals surface area contributed by atoms with Gasteiger partial charge in [0.25, 0.3) is 0 Å². The molecular weight excluding hydrogens is 574 g/mol. The summed E-state index contributed by atoms with van der Waals surface area (Å²) in [6.07, 6.45) is -1.08. The van der Waals surface area contributed by atoms with Gasteiger partial charge in [-0.15, -0.1) is 25.6 Å². The third-order valence-electron chi connectivity index (χ3n) is 7.39. The van der Waals surface area contributed by atoms with Crippen molar-refractivity contribution in [1.82, 2.24) is 14.9 Å². The number of nitrogens with one attached hydrogen (secondary N) is 1. The fourth-order valence-corrected chi connectivity index (χ4v) is 5.46. The van der Waals surface area contributed by atoms with Gasteiger partial charge in [0.05, 0.1) is 11.3 Å². The molecule has 1 aliphatic heterocycles. The number of rotatable bonds is 6. The molecule has 41 heavy (non-hydrogen) atoms. The number of alkyl halides is 3. The Morgan fingerprint density at radius 3 is 2.17 bits per heavy atom. The molecule has 0 radical (unpaired) electrons. The number of nitrogens with zero attached hydrogens (tertiary/aromatic N) is 2. The largest absolute Gasteiger partial charge is 0.573 e. The molecule has 0 spiro atoms. The number of H-pyrrole nitrogens is 1. The quantitative estimate of drug-likeness (QED) is 0.242. The van der Waals surface area contributed by atoms with Gasteiger partial charge < -0.3 is 9.72 Å². The van der Waals surface area contributed by atoms with E-state index in [1.807, 2.05) is 19.1 Å². The number of halogens is 5. The first-order chi connectivity index (χ1) is 19.1. The predicted molar refractivity (Wildman–Crippen MR) is 158 cm³/mol. The van der Waals surface area contributed by atoms with Crippen molar-refractivity contribution in [2.75, 3.05) is 13.1 Å². The molecule has 1 aliphatic rings. The van der Waals surface area contributed by atoms with Gasteiger partial charge in [-0.05, 0) is 75.0 Å². The van der Waals surface area contributed by atoms with Gasteiger partial charge in [-0.3, -0.25) is 14.7 Å². The van der Waals surface area contributed by atoms with Gasteiger partial charge in [0.15, 0.2) is 0 Å². The average Bonchev–Trinajstić information content (AvgIpc) is 2.93. The lowest BCUT2D eigenvalue weighted by Crippen LogP contribution is -2.32. The molecule has 0 amide bonds. The van der Waals surface area contributed by atoms with E-state index in [9.17, 15) is 18.0 Å². The number of ether oxygens (including phenoxy) is 1. The van der Waals surface area contributed by atoms with E-state index >= 15 is 0 Å². The van der Waals surface area contributed by atoms with Crippen LogP contribution in [0, 0.1) is 13.8 Å². The molecule has 10 heteroatoms. The molecule has 1 saturated heterocycles. The van der Waals surface area contributed by atoms with Crippen molar-refractivity contribution in [2.24, 2.45) is 0 Å². The molecule has 1 N–H and O–H groups in total. The molecule has 3 heterocycles. The van der Waals surface area contributed by atoms with Crippen molar-refractivity contribution in [3.8, 4) is 28.1 Å². The van der Waals surface area contributed by atoms with Crippen LogP contribution in [0.5, 0.6) is 5.75 Å². The van der Waals surface area contributed by atoms with Crippen LogP contribution in [0.4, 0.5) is 13.2 Å². The average molecular weight is 605 g/mol. The first-order valence-electron chi connectivity index (χ1n) is 13.1. The molecule has 0 atom stereocenters. The summed E-state index contributed by atoms with van der Waals surface area (Å²) in [5.41, 5.74) is 6.49. The number of piperidine rings is 1. The topological polar surface area (TPSA) is 58.2 Å². The predicted octanol–water partition coefficient (Wildman–Crippen LogP) is 8.07. The van der Waals surface area contributed by atoms with Gasteiger partial charge in [-0.25, -0.2) is 0 Å². The highest BCUT2D eigenvalue weighted by Gasteiger charge is 2.31. The fourth-order valence-electron chi connectivity index (χ4n) is 5.31. The summed E-state index contributed by atoms with van der Waals surface area (Å²) in [4.78, 5) is 22.8. The van der Waals surface area contributed by atoms with Gasteiger partial charge in [-0.2, -0.15) is 0 Å². The highest BCUT2D eigenvalue weighted by Crippen LogP contribution is 2.31. The smallest absolute Gasteiger partial charge is 0.406 e. The maximum atomic E-state index is 12.7. The number of benzene rings is 2. The molecule has 4 aromatic rings. The van der Waals surface area contributed by atoms with Crippen LogP contribution in [0.15, 0.2) is 71.7 Å².